The van der Waals surface area contributed by atoms with Gasteiger partial charge in [0.2, 0.25) is 0 Å². The van der Waals surface area contributed by atoms with Gasteiger partial charge in [-0.3, -0.25) is 14.9 Å². The number of carbonyl (C=O) groups is 1. The van der Waals surface area contributed by atoms with Gasteiger partial charge in [0, 0.05) is 24.4 Å². The summed E-state index contributed by atoms with van der Waals surface area (Å²) in [4.78, 5) is 30.3. The minimum absolute atomic E-state index is 0.000719. The average molecular weight is 396 g/mol. The van der Waals surface area contributed by atoms with E-state index in [1.165, 1.54) is 18.3 Å². The second-order valence-electron chi connectivity index (χ2n) is 8.08. The lowest BCUT2D eigenvalue weighted by atomic mass is 9.88. The van der Waals surface area contributed by atoms with Gasteiger partial charge >= 0.3 is 0 Å². The Balaban J connectivity index is 1.89. The van der Waals surface area contributed by atoms with Crippen LogP contribution < -0.4 is 10.2 Å². The van der Waals surface area contributed by atoms with Crippen LogP contribution in [0.3, 0.4) is 0 Å². The quantitative estimate of drug-likeness (QED) is 0.570. The van der Waals surface area contributed by atoms with Gasteiger partial charge in [0.25, 0.3) is 11.6 Å². The Morgan fingerprint density at radius 3 is 2.45 bits per heavy atom. The van der Waals surface area contributed by atoms with Crippen LogP contribution in [0, 0.1) is 10.1 Å². The molecule has 1 unspecified atom stereocenters. The summed E-state index contributed by atoms with van der Waals surface area (Å²) < 4.78 is 0. The molecule has 0 saturated carbocycles. The number of aromatic nitrogens is 1. The SMILES string of the molecule is CC(C)c1cccc(C(C)C)c1C(=O)NC1CCCN1c1cc([N+](=O)[O-])ccn1. The van der Waals surface area contributed by atoms with Gasteiger partial charge in [0.05, 0.1) is 11.0 Å². The third-order valence-corrected chi connectivity index (χ3v) is 5.38. The molecule has 7 nitrogen and oxygen atoms in total. The van der Waals surface area contributed by atoms with Gasteiger partial charge in [-0.2, -0.15) is 0 Å². The molecule has 1 aromatic heterocycles. The number of nitrogens with one attached hydrogen (secondary N) is 1. The van der Waals surface area contributed by atoms with Crippen LogP contribution in [0.5, 0.6) is 0 Å². The molecule has 1 aliphatic heterocycles. The number of benzene rings is 1. The van der Waals surface area contributed by atoms with Gasteiger partial charge in [-0.25, -0.2) is 4.98 Å². The highest BCUT2D eigenvalue weighted by molar-refractivity contribution is 5.98. The fraction of sp³-hybridized carbons (Fsp3) is 0.455. The molecule has 1 saturated heterocycles. The maximum atomic E-state index is 13.3. The van der Waals surface area contributed by atoms with E-state index >= 15 is 0 Å². The molecule has 2 heterocycles. The molecule has 0 bridgehead atoms. The molecule has 7 heteroatoms. The van der Waals surface area contributed by atoms with Crippen molar-refractivity contribution in [3.05, 3.63) is 63.3 Å². The van der Waals surface area contributed by atoms with Gasteiger partial charge in [-0.05, 0) is 35.8 Å². The highest BCUT2D eigenvalue weighted by Crippen LogP contribution is 2.29. The lowest BCUT2D eigenvalue weighted by Crippen LogP contribution is -2.45. The molecule has 0 spiro atoms. The number of hydrogen-bond donors (Lipinski definition) is 1. The van der Waals surface area contributed by atoms with E-state index < -0.39 is 4.92 Å². The second-order valence-corrected chi connectivity index (χ2v) is 8.08. The largest absolute Gasteiger partial charge is 0.336 e. The van der Waals surface area contributed by atoms with Crippen molar-refractivity contribution in [2.75, 3.05) is 11.4 Å². The predicted molar refractivity (Wildman–Crippen MR) is 113 cm³/mol. The molecule has 1 aliphatic rings. The lowest BCUT2D eigenvalue weighted by Gasteiger charge is -2.27. The zero-order valence-electron chi connectivity index (χ0n) is 17.4. The monoisotopic (exact) mass is 396 g/mol. The van der Waals surface area contributed by atoms with Crippen molar-refractivity contribution in [2.24, 2.45) is 0 Å². The summed E-state index contributed by atoms with van der Waals surface area (Å²) in [6.07, 6.45) is 2.86. The Hall–Kier alpha value is -2.96. The molecule has 1 aromatic carbocycles. The summed E-state index contributed by atoms with van der Waals surface area (Å²) in [5, 5.41) is 14.3. The van der Waals surface area contributed by atoms with E-state index in [4.69, 9.17) is 0 Å². The average Bonchev–Trinajstić information content (AvgIpc) is 3.15. The standard InChI is InChI=1S/C22H28N4O3/c1-14(2)17-7-5-8-18(15(3)4)21(17)22(27)24-19-9-6-12-25(19)20-13-16(26(28)29)10-11-23-20/h5,7-8,10-11,13-15,19H,6,9,12H2,1-4H3,(H,24,27). The normalized spacial score (nSPS) is 16.5. The summed E-state index contributed by atoms with van der Waals surface area (Å²) in [5.41, 5.74) is 2.81. The number of pyridine rings is 1. The molecule has 1 fully saturated rings. The fourth-order valence-electron chi connectivity index (χ4n) is 3.91. The smallest absolute Gasteiger partial charge is 0.274 e. The molecule has 2 aromatic rings. The fourth-order valence-corrected chi connectivity index (χ4v) is 3.91. The number of amides is 1. The first-order valence-corrected chi connectivity index (χ1v) is 10.1. The highest BCUT2D eigenvalue weighted by Gasteiger charge is 2.30. The van der Waals surface area contributed by atoms with E-state index in [0.29, 0.717) is 12.4 Å². The number of nitro groups is 1. The van der Waals surface area contributed by atoms with Crippen molar-refractivity contribution in [1.82, 2.24) is 10.3 Å². The molecular formula is C22H28N4O3. The van der Waals surface area contributed by atoms with Crippen molar-refractivity contribution in [1.29, 1.82) is 0 Å². The molecular weight excluding hydrogens is 368 g/mol. The van der Waals surface area contributed by atoms with Crippen LogP contribution in [0.15, 0.2) is 36.5 Å². The lowest BCUT2D eigenvalue weighted by molar-refractivity contribution is -0.384. The third kappa shape index (κ3) is 4.39. The molecule has 29 heavy (non-hydrogen) atoms. The molecule has 1 N–H and O–H groups in total. The number of carbonyl (C=O) groups excluding carboxylic acids is 1. The van der Waals surface area contributed by atoms with Crippen LogP contribution in [0.25, 0.3) is 0 Å². The summed E-state index contributed by atoms with van der Waals surface area (Å²) in [6.45, 7) is 9.05. The van der Waals surface area contributed by atoms with E-state index in [1.807, 2.05) is 23.1 Å². The van der Waals surface area contributed by atoms with Gasteiger partial charge in [0.15, 0.2) is 0 Å². The van der Waals surface area contributed by atoms with Gasteiger partial charge in [-0.1, -0.05) is 45.9 Å². The molecule has 3 rings (SSSR count). The Bertz CT molecular complexity index is 884. The number of nitrogens with zero attached hydrogens (tertiary/aromatic N) is 3. The number of hydrogen-bond acceptors (Lipinski definition) is 5. The van der Waals surface area contributed by atoms with E-state index in [2.05, 4.69) is 38.0 Å². The summed E-state index contributed by atoms with van der Waals surface area (Å²) in [7, 11) is 0. The van der Waals surface area contributed by atoms with Gasteiger partial charge in [0.1, 0.15) is 12.0 Å². The maximum absolute atomic E-state index is 13.3. The van der Waals surface area contributed by atoms with Gasteiger partial charge < -0.3 is 10.2 Å². The van der Waals surface area contributed by atoms with Crippen LogP contribution in [-0.2, 0) is 0 Å². The van der Waals surface area contributed by atoms with E-state index in [-0.39, 0.29) is 29.6 Å². The van der Waals surface area contributed by atoms with Crippen LogP contribution in [0.4, 0.5) is 11.5 Å². The summed E-state index contributed by atoms with van der Waals surface area (Å²) in [6, 6.07) is 8.88. The second kappa shape index (κ2) is 8.59. The first-order valence-electron chi connectivity index (χ1n) is 10.1. The van der Waals surface area contributed by atoms with E-state index in [9.17, 15) is 14.9 Å². The van der Waals surface area contributed by atoms with Crippen molar-refractivity contribution in [2.45, 2.75) is 58.5 Å². The van der Waals surface area contributed by atoms with Crippen molar-refractivity contribution in [3.8, 4) is 0 Å². The topological polar surface area (TPSA) is 88.4 Å². The first kappa shape index (κ1) is 20.8. The molecule has 154 valence electrons. The first-order chi connectivity index (χ1) is 13.8. The number of anilines is 1. The predicted octanol–water partition coefficient (Wildman–Crippen LogP) is 4.59. The maximum Gasteiger partial charge on any atom is 0.274 e. The highest BCUT2D eigenvalue weighted by atomic mass is 16.6. The van der Waals surface area contributed by atoms with Crippen LogP contribution in [0.1, 0.15) is 73.9 Å². The minimum atomic E-state index is -0.428. The van der Waals surface area contributed by atoms with Crippen LogP contribution >= 0.6 is 0 Å². The minimum Gasteiger partial charge on any atom is -0.336 e. The Kier molecular flexibility index (Phi) is 6.15. The van der Waals surface area contributed by atoms with Crippen molar-refractivity contribution in [3.63, 3.8) is 0 Å². The third-order valence-electron chi connectivity index (χ3n) is 5.38. The molecule has 0 radical (unpaired) electrons. The zero-order valence-corrected chi connectivity index (χ0v) is 17.4. The summed E-state index contributed by atoms with van der Waals surface area (Å²) in [5.74, 6) is 0.878. The van der Waals surface area contributed by atoms with Gasteiger partial charge in [-0.15, -0.1) is 0 Å². The molecule has 0 aliphatic carbocycles. The Morgan fingerprint density at radius 1 is 1.21 bits per heavy atom. The Labute approximate surface area is 171 Å². The van der Waals surface area contributed by atoms with Crippen LogP contribution in [-0.4, -0.2) is 28.5 Å². The van der Waals surface area contributed by atoms with Crippen molar-refractivity contribution >= 4 is 17.4 Å². The summed E-state index contributed by atoms with van der Waals surface area (Å²) >= 11 is 0. The zero-order chi connectivity index (χ0) is 21.1. The molecule has 1 amide bonds. The van der Waals surface area contributed by atoms with Crippen LogP contribution in [0.2, 0.25) is 0 Å². The van der Waals surface area contributed by atoms with E-state index in [1.54, 1.807) is 0 Å². The Morgan fingerprint density at radius 2 is 1.86 bits per heavy atom. The van der Waals surface area contributed by atoms with E-state index in [0.717, 1.165) is 29.5 Å². The molecule has 1 atom stereocenters. The van der Waals surface area contributed by atoms with Crippen molar-refractivity contribution < 1.29 is 9.72 Å². The number of rotatable bonds is 6.